The highest BCUT2D eigenvalue weighted by Gasteiger charge is 2.23. The minimum atomic E-state index is 0.140. The van der Waals surface area contributed by atoms with Crippen molar-refractivity contribution in [3.63, 3.8) is 0 Å². The minimum absolute atomic E-state index is 0.140. The molecule has 1 aliphatic heterocycles. The third kappa shape index (κ3) is 3.00. The van der Waals surface area contributed by atoms with Gasteiger partial charge >= 0.3 is 0 Å². The van der Waals surface area contributed by atoms with Crippen LogP contribution in [0.5, 0.6) is 0 Å². The summed E-state index contributed by atoms with van der Waals surface area (Å²) in [5.41, 5.74) is 1.37. The molecule has 1 unspecified atom stereocenters. The number of thiophene rings is 1. The molecule has 0 amide bonds. The third-order valence-corrected chi connectivity index (χ3v) is 5.33. The molecule has 0 bridgehead atoms. The van der Waals surface area contributed by atoms with Crippen molar-refractivity contribution >= 4 is 38.6 Å². The zero-order chi connectivity index (χ0) is 12.4. The van der Waals surface area contributed by atoms with Crippen LogP contribution in [-0.4, -0.2) is 29.6 Å². The fraction of sp³-hybridized carbons (Fsp3) is 0.417. The predicted octanol–water partition coefficient (Wildman–Crippen LogP) is 3.54. The van der Waals surface area contributed by atoms with Crippen molar-refractivity contribution in [3.8, 4) is 0 Å². The Morgan fingerprint density at radius 1 is 1.50 bits per heavy atom. The Kier molecular flexibility index (Phi) is 4.10. The van der Waals surface area contributed by atoms with E-state index >= 15 is 0 Å². The minimum Gasteiger partial charge on any atom is -0.368 e. The highest BCUT2D eigenvalue weighted by Crippen LogP contribution is 2.26. The Morgan fingerprint density at radius 3 is 3.17 bits per heavy atom. The van der Waals surface area contributed by atoms with Crippen molar-refractivity contribution < 1.29 is 4.74 Å². The maximum Gasteiger partial charge on any atom is 0.123 e. The summed E-state index contributed by atoms with van der Waals surface area (Å²) in [6.45, 7) is 3.71. The van der Waals surface area contributed by atoms with Gasteiger partial charge in [-0.15, -0.1) is 22.7 Å². The maximum absolute atomic E-state index is 5.80. The van der Waals surface area contributed by atoms with E-state index in [0.717, 1.165) is 31.2 Å². The highest BCUT2D eigenvalue weighted by atomic mass is 79.9. The monoisotopic (exact) mass is 344 g/mol. The van der Waals surface area contributed by atoms with E-state index in [0.29, 0.717) is 0 Å². The van der Waals surface area contributed by atoms with E-state index in [4.69, 9.17) is 4.74 Å². The summed E-state index contributed by atoms with van der Waals surface area (Å²) >= 11 is 6.92. The first-order chi connectivity index (χ1) is 8.81. The van der Waals surface area contributed by atoms with Crippen LogP contribution >= 0.6 is 38.6 Å². The molecule has 1 fully saturated rings. The molecule has 0 N–H and O–H groups in total. The number of thiazole rings is 1. The number of morpholine rings is 1. The molecule has 0 spiro atoms. The summed E-state index contributed by atoms with van der Waals surface area (Å²) < 4.78 is 6.99. The van der Waals surface area contributed by atoms with E-state index in [1.54, 1.807) is 22.7 Å². The lowest BCUT2D eigenvalue weighted by Gasteiger charge is -2.31. The molecule has 1 aliphatic rings. The van der Waals surface area contributed by atoms with E-state index in [1.165, 1.54) is 9.35 Å². The summed E-state index contributed by atoms with van der Waals surface area (Å²) in [6, 6.07) is 2.19. The van der Waals surface area contributed by atoms with Crippen LogP contribution < -0.4 is 0 Å². The van der Waals surface area contributed by atoms with Crippen LogP contribution in [0, 0.1) is 0 Å². The molecular formula is C12H13BrN2OS2. The zero-order valence-corrected chi connectivity index (χ0v) is 12.9. The van der Waals surface area contributed by atoms with E-state index in [-0.39, 0.29) is 6.10 Å². The molecule has 96 valence electrons. The summed E-state index contributed by atoms with van der Waals surface area (Å²) in [5, 5.41) is 5.30. The summed E-state index contributed by atoms with van der Waals surface area (Å²) in [4.78, 5) is 6.78. The van der Waals surface area contributed by atoms with Crippen molar-refractivity contribution in [3.05, 3.63) is 37.4 Å². The molecule has 18 heavy (non-hydrogen) atoms. The zero-order valence-electron chi connectivity index (χ0n) is 9.71. The van der Waals surface area contributed by atoms with Gasteiger partial charge < -0.3 is 4.74 Å². The van der Waals surface area contributed by atoms with Crippen molar-refractivity contribution in [2.75, 3.05) is 19.7 Å². The second-order valence-corrected chi connectivity index (χ2v) is 7.44. The number of ether oxygens (including phenoxy) is 1. The van der Waals surface area contributed by atoms with Crippen LogP contribution in [0.1, 0.15) is 16.7 Å². The molecule has 0 aromatic carbocycles. The van der Waals surface area contributed by atoms with Gasteiger partial charge in [0.1, 0.15) is 11.1 Å². The lowest BCUT2D eigenvalue weighted by molar-refractivity contribution is -0.0329. The average Bonchev–Trinajstić information content (AvgIpc) is 3.01. The SMILES string of the molecule is Brc1cc(CN2CCOC(c3nccs3)C2)cs1. The first kappa shape index (κ1) is 12.7. The molecule has 3 heterocycles. The Morgan fingerprint density at radius 2 is 2.44 bits per heavy atom. The number of nitrogens with zero attached hydrogens (tertiary/aromatic N) is 2. The van der Waals surface area contributed by atoms with Gasteiger partial charge in [-0.3, -0.25) is 4.90 Å². The molecule has 0 radical (unpaired) electrons. The van der Waals surface area contributed by atoms with Crippen LogP contribution in [0.25, 0.3) is 0 Å². The quantitative estimate of drug-likeness (QED) is 0.851. The van der Waals surface area contributed by atoms with Crippen LogP contribution in [0.15, 0.2) is 26.8 Å². The van der Waals surface area contributed by atoms with E-state index < -0.39 is 0 Å². The lowest BCUT2D eigenvalue weighted by Crippen LogP contribution is -2.37. The number of halogens is 1. The third-order valence-electron chi connectivity index (χ3n) is 2.91. The van der Waals surface area contributed by atoms with Gasteiger partial charge in [-0.1, -0.05) is 0 Å². The molecule has 1 saturated heterocycles. The van der Waals surface area contributed by atoms with Gasteiger partial charge in [-0.2, -0.15) is 0 Å². The highest BCUT2D eigenvalue weighted by molar-refractivity contribution is 9.11. The van der Waals surface area contributed by atoms with Gasteiger partial charge in [0.25, 0.3) is 0 Å². The fourth-order valence-corrected chi connectivity index (χ4v) is 3.95. The van der Waals surface area contributed by atoms with Crippen molar-refractivity contribution in [1.82, 2.24) is 9.88 Å². The van der Waals surface area contributed by atoms with Gasteiger partial charge in [0, 0.05) is 31.2 Å². The van der Waals surface area contributed by atoms with E-state index in [1.807, 2.05) is 11.6 Å². The fourth-order valence-electron chi connectivity index (χ4n) is 2.08. The summed E-state index contributed by atoms with van der Waals surface area (Å²) in [7, 11) is 0. The van der Waals surface area contributed by atoms with Crippen molar-refractivity contribution in [1.29, 1.82) is 0 Å². The topological polar surface area (TPSA) is 25.4 Å². The molecule has 2 aromatic heterocycles. The normalized spacial score (nSPS) is 21.3. The maximum atomic E-state index is 5.80. The molecule has 6 heteroatoms. The van der Waals surface area contributed by atoms with Crippen LogP contribution in [-0.2, 0) is 11.3 Å². The molecule has 0 saturated carbocycles. The van der Waals surface area contributed by atoms with Gasteiger partial charge in [-0.05, 0) is 32.9 Å². The first-order valence-corrected chi connectivity index (χ1v) is 8.33. The predicted molar refractivity (Wildman–Crippen MR) is 78.1 cm³/mol. The number of hydrogen-bond donors (Lipinski definition) is 0. The van der Waals surface area contributed by atoms with Crippen LogP contribution in [0.4, 0.5) is 0 Å². The second-order valence-electron chi connectivity index (χ2n) is 4.22. The number of hydrogen-bond acceptors (Lipinski definition) is 5. The van der Waals surface area contributed by atoms with Crippen LogP contribution in [0.3, 0.4) is 0 Å². The largest absolute Gasteiger partial charge is 0.368 e. The van der Waals surface area contributed by atoms with Gasteiger partial charge in [-0.25, -0.2) is 4.98 Å². The summed E-state index contributed by atoms with van der Waals surface area (Å²) in [5.74, 6) is 0. The number of rotatable bonds is 3. The van der Waals surface area contributed by atoms with Crippen LogP contribution in [0.2, 0.25) is 0 Å². The van der Waals surface area contributed by atoms with Gasteiger partial charge in [0.2, 0.25) is 0 Å². The molecule has 1 atom stereocenters. The van der Waals surface area contributed by atoms with Crippen molar-refractivity contribution in [2.45, 2.75) is 12.6 Å². The Hall–Kier alpha value is -0.270. The lowest BCUT2D eigenvalue weighted by atomic mass is 10.2. The first-order valence-electron chi connectivity index (χ1n) is 5.77. The summed E-state index contributed by atoms with van der Waals surface area (Å²) in [6.07, 6.45) is 1.99. The smallest absolute Gasteiger partial charge is 0.123 e. The van der Waals surface area contributed by atoms with Gasteiger partial charge in [0.15, 0.2) is 0 Å². The second kappa shape index (κ2) is 5.79. The molecule has 2 aromatic rings. The Balaban J connectivity index is 1.63. The Bertz CT molecular complexity index is 500. The molecule has 0 aliphatic carbocycles. The Labute approximate surface area is 123 Å². The van der Waals surface area contributed by atoms with Crippen molar-refractivity contribution in [2.24, 2.45) is 0 Å². The van der Waals surface area contributed by atoms with E-state index in [9.17, 15) is 0 Å². The van der Waals surface area contributed by atoms with E-state index in [2.05, 4.69) is 37.3 Å². The molecule has 3 nitrogen and oxygen atoms in total. The van der Waals surface area contributed by atoms with Gasteiger partial charge in [0.05, 0.1) is 10.4 Å². The standard InChI is InChI=1S/C12H13BrN2OS2/c13-11-5-9(8-18-11)6-15-2-3-16-10(7-15)12-14-1-4-17-12/h1,4-5,8,10H,2-3,6-7H2. The molecular weight excluding hydrogens is 332 g/mol. The average molecular weight is 345 g/mol. The number of aromatic nitrogens is 1. The molecule has 3 rings (SSSR count).